The zero-order chi connectivity index (χ0) is 20.5. The number of rotatable bonds is 2. The van der Waals surface area contributed by atoms with Gasteiger partial charge in [0.05, 0.1) is 16.5 Å². The third-order valence-electron chi connectivity index (χ3n) is 4.59. The Morgan fingerprint density at radius 2 is 1.97 bits per heavy atom. The van der Waals surface area contributed by atoms with Crippen molar-refractivity contribution in [2.45, 2.75) is 18.9 Å². The molecule has 0 spiro atoms. The predicted octanol–water partition coefficient (Wildman–Crippen LogP) is 4.46. The zero-order valence-electron chi connectivity index (χ0n) is 15.0. The lowest BCUT2D eigenvalue weighted by Crippen LogP contribution is -2.09. The maximum atomic E-state index is 13.2. The number of pyridine rings is 3. The highest BCUT2D eigenvalue weighted by Gasteiger charge is 2.25. The zero-order valence-corrected chi connectivity index (χ0v) is 15.8. The van der Waals surface area contributed by atoms with E-state index >= 15 is 0 Å². The molecule has 1 N–H and O–H groups in total. The van der Waals surface area contributed by atoms with Crippen molar-refractivity contribution in [2.75, 3.05) is 0 Å². The van der Waals surface area contributed by atoms with Crippen LogP contribution in [0.25, 0.3) is 21.9 Å². The lowest BCUT2D eigenvalue weighted by molar-refractivity contribution is 0.0696. The van der Waals surface area contributed by atoms with Gasteiger partial charge in [-0.25, -0.2) is 14.2 Å². The normalized spacial score (nSPS) is 13.2. The Morgan fingerprint density at radius 1 is 1.21 bits per heavy atom. The van der Waals surface area contributed by atoms with Crippen molar-refractivity contribution in [1.29, 1.82) is 0 Å². The average Bonchev–Trinajstić information content (AvgIpc) is 3.55. The fraction of sp³-hybridized carbons (Fsp3) is 0.143. The number of nitrogens with zero attached hydrogens (tertiary/aromatic N) is 3. The Balaban J connectivity index is 0.000000145. The van der Waals surface area contributed by atoms with Crippen molar-refractivity contribution in [3.05, 3.63) is 81.6 Å². The van der Waals surface area contributed by atoms with Crippen LogP contribution in [0.1, 0.15) is 29.2 Å². The summed E-state index contributed by atoms with van der Waals surface area (Å²) in [7, 11) is 0. The number of carbonyl (C=O) groups is 1. The summed E-state index contributed by atoms with van der Waals surface area (Å²) in [5.74, 6) is -1.60. The molecule has 0 atom stereocenters. The van der Waals surface area contributed by atoms with Crippen LogP contribution in [0.4, 0.5) is 4.39 Å². The van der Waals surface area contributed by atoms with Gasteiger partial charge in [-0.3, -0.25) is 9.78 Å². The fourth-order valence-electron chi connectivity index (χ4n) is 2.98. The molecule has 3 heterocycles. The molecule has 3 aromatic heterocycles. The van der Waals surface area contributed by atoms with Crippen LogP contribution in [-0.4, -0.2) is 25.6 Å². The standard InChI is InChI=1S/C11H8ClFN2O.C10H7NO2/c12-10-8(13)5-7-9(16)3-4-15(6-1-2-6)11(7)14-10;12-10(13)8-5-7-3-1-2-4-9(7)11-6-8/h3-6H,1-2H2;1-6H,(H,12,13). The molecule has 6 nitrogen and oxygen atoms in total. The number of carboxylic acids is 1. The highest BCUT2D eigenvalue weighted by molar-refractivity contribution is 6.29. The molecule has 1 saturated carbocycles. The summed E-state index contributed by atoms with van der Waals surface area (Å²) in [4.78, 5) is 30.2. The fourth-order valence-corrected chi connectivity index (χ4v) is 3.11. The number of carboxylic acid groups (broad SMARTS) is 1. The molecular formula is C21H15ClFN3O3. The van der Waals surface area contributed by atoms with E-state index in [4.69, 9.17) is 16.7 Å². The third kappa shape index (κ3) is 3.95. The molecule has 1 fully saturated rings. The second-order valence-electron chi connectivity index (χ2n) is 6.67. The minimum atomic E-state index is -0.946. The number of aromatic nitrogens is 3. The molecule has 5 rings (SSSR count). The van der Waals surface area contributed by atoms with Crippen molar-refractivity contribution in [2.24, 2.45) is 0 Å². The van der Waals surface area contributed by atoms with E-state index in [1.807, 2.05) is 28.8 Å². The van der Waals surface area contributed by atoms with Gasteiger partial charge in [0.15, 0.2) is 16.4 Å². The second kappa shape index (κ2) is 7.60. The summed E-state index contributed by atoms with van der Waals surface area (Å²) in [5.41, 5.74) is 1.28. The summed E-state index contributed by atoms with van der Waals surface area (Å²) < 4.78 is 15.1. The first kappa shape index (κ1) is 19.0. The summed E-state index contributed by atoms with van der Waals surface area (Å²) in [6.45, 7) is 0. The van der Waals surface area contributed by atoms with E-state index in [0.29, 0.717) is 11.7 Å². The molecule has 0 saturated heterocycles. The van der Waals surface area contributed by atoms with Crippen LogP contribution in [0.15, 0.2) is 59.7 Å². The van der Waals surface area contributed by atoms with Crippen molar-refractivity contribution < 1.29 is 14.3 Å². The van der Waals surface area contributed by atoms with Crippen LogP contribution in [0.5, 0.6) is 0 Å². The van der Waals surface area contributed by atoms with Gasteiger partial charge >= 0.3 is 5.97 Å². The van der Waals surface area contributed by atoms with E-state index in [-0.39, 0.29) is 21.5 Å². The van der Waals surface area contributed by atoms with Crippen molar-refractivity contribution >= 4 is 39.5 Å². The van der Waals surface area contributed by atoms with Crippen molar-refractivity contribution in [3.8, 4) is 0 Å². The molecule has 0 radical (unpaired) electrons. The predicted molar refractivity (Wildman–Crippen MR) is 108 cm³/mol. The summed E-state index contributed by atoms with van der Waals surface area (Å²) in [6, 6.07) is 12.0. The number of aromatic carboxylic acids is 1. The van der Waals surface area contributed by atoms with Gasteiger partial charge in [-0.2, -0.15) is 0 Å². The Bertz CT molecular complexity index is 1300. The molecule has 1 aromatic carbocycles. The highest BCUT2D eigenvalue weighted by Crippen LogP contribution is 2.36. The molecular weight excluding hydrogens is 397 g/mol. The molecule has 4 aromatic rings. The number of halogens is 2. The van der Waals surface area contributed by atoms with E-state index in [9.17, 15) is 14.0 Å². The van der Waals surface area contributed by atoms with Gasteiger partial charge in [0.2, 0.25) is 0 Å². The molecule has 0 amide bonds. The first-order chi connectivity index (χ1) is 13.9. The molecule has 146 valence electrons. The van der Waals surface area contributed by atoms with E-state index in [2.05, 4.69) is 9.97 Å². The monoisotopic (exact) mass is 411 g/mol. The molecule has 1 aliphatic carbocycles. The van der Waals surface area contributed by atoms with Gasteiger partial charge in [-0.1, -0.05) is 29.8 Å². The minimum absolute atomic E-state index is 0.187. The van der Waals surface area contributed by atoms with Crippen LogP contribution in [-0.2, 0) is 0 Å². The molecule has 0 aliphatic heterocycles. The Morgan fingerprint density at radius 3 is 2.69 bits per heavy atom. The van der Waals surface area contributed by atoms with Gasteiger partial charge in [-0.15, -0.1) is 0 Å². The first-order valence-corrected chi connectivity index (χ1v) is 9.27. The number of fused-ring (bicyclic) bond motifs is 2. The highest BCUT2D eigenvalue weighted by atomic mass is 35.5. The quantitative estimate of drug-likeness (QED) is 0.492. The lowest BCUT2D eigenvalue weighted by atomic mass is 10.2. The lowest BCUT2D eigenvalue weighted by Gasteiger charge is -2.08. The smallest absolute Gasteiger partial charge is 0.337 e. The summed E-state index contributed by atoms with van der Waals surface area (Å²) in [6.07, 6.45) is 5.19. The van der Waals surface area contributed by atoms with E-state index < -0.39 is 11.8 Å². The number of para-hydroxylation sites is 1. The number of hydrogen-bond acceptors (Lipinski definition) is 4. The number of benzene rings is 1. The Hall–Kier alpha value is -3.32. The van der Waals surface area contributed by atoms with E-state index in [0.717, 1.165) is 29.8 Å². The molecule has 8 heteroatoms. The maximum absolute atomic E-state index is 13.2. The summed E-state index contributed by atoms with van der Waals surface area (Å²) in [5, 5.41) is 9.65. The SMILES string of the molecule is O=C(O)c1cnc2ccccc2c1.O=c1ccn(C2CC2)c2nc(Cl)c(F)cc12. The molecule has 0 bridgehead atoms. The third-order valence-corrected chi connectivity index (χ3v) is 4.85. The van der Waals surface area contributed by atoms with Crippen LogP contribution >= 0.6 is 11.6 Å². The molecule has 0 unspecified atom stereocenters. The largest absolute Gasteiger partial charge is 0.478 e. The Kier molecular flexibility index (Phi) is 4.98. The van der Waals surface area contributed by atoms with Crippen molar-refractivity contribution in [1.82, 2.24) is 14.5 Å². The topological polar surface area (TPSA) is 85.1 Å². The van der Waals surface area contributed by atoms with Gasteiger partial charge in [0.1, 0.15) is 5.65 Å². The van der Waals surface area contributed by atoms with E-state index in [1.165, 1.54) is 12.3 Å². The molecule has 29 heavy (non-hydrogen) atoms. The van der Waals surface area contributed by atoms with Gasteiger partial charge in [0, 0.05) is 29.9 Å². The summed E-state index contributed by atoms with van der Waals surface area (Å²) >= 11 is 5.64. The van der Waals surface area contributed by atoms with Gasteiger partial charge < -0.3 is 9.67 Å². The van der Waals surface area contributed by atoms with E-state index in [1.54, 1.807) is 12.3 Å². The van der Waals surface area contributed by atoms with Crippen LogP contribution in [0.2, 0.25) is 5.15 Å². The maximum Gasteiger partial charge on any atom is 0.337 e. The Labute approximate surface area is 169 Å². The minimum Gasteiger partial charge on any atom is -0.478 e. The van der Waals surface area contributed by atoms with Gasteiger partial charge in [0.25, 0.3) is 0 Å². The van der Waals surface area contributed by atoms with Crippen molar-refractivity contribution in [3.63, 3.8) is 0 Å². The van der Waals surface area contributed by atoms with Crippen LogP contribution in [0, 0.1) is 5.82 Å². The number of hydrogen-bond donors (Lipinski definition) is 1. The van der Waals surface area contributed by atoms with Gasteiger partial charge in [-0.05, 0) is 31.0 Å². The molecule has 1 aliphatic rings. The van der Waals surface area contributed by atoms with Crippen LogP contribution < -0.4 is 5.43 Å². The second-order valence-corrected chi connectivity index (χ2v) is 7.03. The average molecular weight is 412 g/mol. The van der Waals surface area contributed by atoms with Crippen LogP contribution in [0.3, 0.4) is 0 Å². The first-order valence-electron chi connectivity index (χ1n) is 8.89.